The van der Waals surface area contributed by atoms with Crippen LogP contribution in [0.2, 0.25) is 10.0 Å². The minimum absolute atomic E-state index is 0.0223. The van der Waals surface area contributed by atoms with Crippen molar-refractivity contribution in [2.45, 2.75) is 64.6 Å². The van der Waals surface area contributed by atoms with Gasteiger partial charge in [0.05, 0.1) is 34.8 Å². The number of carbonyl (C=O) groups is 2. The molecule has 0 aromatic heterocycles. The molecule has 0 radical (unpaired) electrons. The lowest BCUT2D eigenvalue weighted by molar-refractivity contribution is -0.140. The van der Waals surface area contributed by atoms with Crippen molar-refractivity contribution in [3.8, 4) is 11.5 Å². The largest absolute Gasteiger partial charge is 0.493 e. The summed E-state index contributed by atoms with van der Waals surface area (Å²) in [5.74, 6) is -0.427. The number of carbonyl (C=O) groups excluding carboxylic acids is 2. The van der Waals surface area contributed by atoms with Crippen molar-refractivity contribution in [3.05, 3.63) is 81.3 Å². The van der Waals surface area contributed by atoms with Gasteiger partial charge in [-0.2, -0.15) is 0 Å². The summed E-state index contributed by atoms with van der Waals surface area (Å²) in [6.45, 7) is 10.2. The molecule has 3 rings (SSSR count). The maximum atomic E-state index is 14.3. The predicted octanol–water partition coefficient (Wildman–Crippen LogP) is 6.15. The molecule has 0 bridgehead atoms. The summed E-state index contributed by atoms with van der Waals surface area (Å²) in [6.07, 6.45) is 0. The molecule has 0 aliphatic heterocycles. The van der Waals surface area contributed by atoms with E-state index in [0.717, 1.165) is 15.4 Å². The zero-order valence-electron chi connectivity index (χ0n) is 26.2. The van der Waals surface area contributed by atoms with Crippen LogP contribution in [0.15, 0.2) is 59.5 Å². The molecule has 0 unspecified atom stereocenters. The molecule has 1 N–H and O–H groups in total. The number of sulfonamides is 1. The molecule has 3 aromatic carbocycles. The molecule has 0 heterocycles. The number of aryl methyl sites for hydroxylation is 2. The number of amides is 2. The van der Waals surface area contributed by atoms with Gasteiger partial charge in [-0.3, -0.25) is 13.9 Å². The fourth-order valence-electron chi connectivity index (χ4n) is 4.62. The molecule has 0 saturated heterocycles. The standard InChI is InChI=1S/C32H39Cl2N3O6S/c1-20-13-21(2)15-24(14-20)37(44(40,41)25-10-12-28(42-7)29(17-25)43-8)19-30(38)36(22(3)31(39)35-32(4,5)6)18-23-9-11-26(33)27(34)16-23/h9-17,22H,18-19H2,1-8H3,(H,35,39)/t22-/m0/s1. The van der Waals surface area contributed by atoms with Gasteiger partial charge < -0.3 is 19.7 Å². The lowest BCUT2D eigenvalue weighted by Gasteiger charge is -2.33. The van der Waals surface area contributed by atoms with E-state index in [-0.39, 0.29) is 22.2 Å². The van der Waals surface area contributed by atoms with Crippen LogP contribution in [-0.2, 0) is 26.2 Å². The number of hydrogen-bond donors (Lipinski definition) is 1. The first-order chi connectivity index (χ1) is 20.5. The van der Waals surface area contributed by atoms with E-state index in [2.05, 4.69) is 5.32 Å². The van der Waals surface area contributed by atoms with Gasteiger partial charge in [0.1, 0.15) is 12.6 Å². The van der Waals surface area contributed by atoms with E-state index < -0.39 is 40.0 Å². The van der Waals surface area contributed by atoms with E-state index in [1.165, 1.54) is 37.3 Å². The number of nitrogens with one attached hydrogen (secondary N) is 1. The minimum atomic E-state index is -4.32. The Morgan fingerprint density at radius 2 is 1.50 bits per heavy atom. The second-order valence-electron chi connectivity index (χ2n) is 11.6. The molecule has 9 nitrogen and oxygen atoms in total. The third kappa shape index (κ3) is 8.58. The smallest absolute Gasteiger partial charge is 0.264 e. The van der Waals surface area contributed by atoms with Crippen molar-refractivity contribution in [3.63, 3.8) is 0 Å². The summed E-state index contributed by atoms with van der Waals surface area (Å²) in [5.41, 5.74) is 1.97. The van der Waals surface area contributed by atoms with Crippen molar-refractivity contribution in [1.82, 2.24) is 10.2 Å². The maximum Gasteiger partial charge on any atom is 0.264 e. The fraction of sp³-hybridized carbons (Fsp3) is 0.375. The van der Waals surface area contributed by atoms with Crippen LogP contribution in [0.1, 0.15) is 44.4 Å². The van der Waals surface area contributed by atoms with Crippen LogP contribution < -0.4 is 19.1 Å². The molecule has 238 valence electrons. The van der Waals surface area contributed by atoms with Crippen LogP contribution >= 0.6 is 23.2 Å². The number of nitrogens with zero attached hydrogens (tertiary/aromatic N) is 2. The highest BCUT2D eigenvalue weighted by atomic mass is 35.5. The normalized spacial score (nSPS) is 12.3. The molecular formula is C32H39Cl2N3O6S. The van der Waals surface area contributed by atoms with E-state index in [4.69, 9.17) is 32.7 Å². The summed E-state index contributed by atoms with van der Waals surface area (Å²) in [5, 5.41) is 3.53. The average Bonchev–Trinajstić information content (AvgIpc) is 2.93. The highest BCUT2D eigenvalue weighted by Crippen LogP contribution is 2.33. The van der Waals surface area contributed by atoms with Crippen LogP contribution in [0.3, 0.4) is 0 Å². The van der Waals surface area contributed by atoms with Crippen molar-refractivity contribution >= 4 is 50.7 Å². The number of hydrogen-bond acceptors (Lipinski definition) is 6. The van der Waals surface area contributed by atoms with Crippen LogP contribution in [0.4, 0.5) is 5.69 Å². The second kappa shape index (κ2) is 14.1. The van der Waals surface area contributed by atoms with Crippen molar-refractivity contribution in [1.29, 1.82) is 0 Å². The molecule has 0 aliphatic rings. The van der Waals surface area contributed by atoms with Gasteiger partial charge in [0.2, 0.25) is 11.8 Å². The van der Waals surface area contributed by atoms with E-state index in [0.29, 0.717) is 22.0 Å². The SMILES string of the molecule is COc1ccc(S(=O)(=O)N(CC(=O)N(Cc2ccc(Cl)c(Cl)c2)[C@@H](C)C(=O)NC(C)(C)C)c2cc(C)cc(C)c2)cc1OC. The fourth-order valence-corrected chi connectivity index (χ4v) is 6.35. The van der Waals surface area contributed by atoms with Crippen LogP contribution in [0, 0.1) is 13.8 Å². The van der Waals surface area contributed by atoms with E-state index in [1.807, 2.05) is 40.7 Å². The molecule has 44 heavy (non-hydrogen) atoms. The van der Waals surface area contributed by atoms with E-state index >= 15 is 0 Å². The highest BCUT2D eigenvalue weighted by molar-refractivity contribution is 7.92. The Morgan fingerprint density at radius 1 is 0.886 bits per heavy atom. The zero-order chi connectivity index (χ0) is 33.0. The number of ether oxygens (including phenoxy) is 2. The van der Waals surface area contributed by atoms with Gasteiger partial charge in [-0.25, -0.2) is 8.42 Å². The van der Waals surface area contributed by atoms with Gasteiger partial charge >= 0.3 is 0 Å². The first-order valence-electron chi connectivity index (χ1n) is 13.9. The lowest BCUT2D eigenvalue weighted by Crippen LogP contribution is -2.54. The monoisotopic (exact) mass is 663 g/mol. The molecule has 0 saturated carbocycles. The van der Waals surface area contributed by atoms with Gasteiger partial charge in [0.25, 0.3) is 10.0 Å². The summed E-state index contributed by atoms with van der Waals surface area (Å²) in [4.78, 5) is 28.7. The van der Waals surface area contributed by atoms with E-state index in [9.17, 15) is 18.0 Å². The van der Waals surface area contributed by atoms with Gasteiger partial charge in [0.15, 0.2) is 11.5 Å². The summed E-state index contributed by atoms with van der Waals surface area (Å²) in [6, 6.07) is 13.5. The Hall–Kier alpha value is -3.47. The quantitative estimate of drug-likeness (QED) is 0.264. The molecule has 0 spiro atoms. The Morgan fingerprint density at radius 3 is 2.05 bits per heavy atom. The van der Waals surface area contributed by atoms with Crippen molar-refractivity contribution in [2.75, 3.05) is 25.1 Å². The Bertz CT molecular complexity index is 1620. The van der Waals surface area contributed by atoms with Crippen molar-refractivity contribution < 1.29 is 27.5 Å². The van der Waals surface area contributed by atoms with Gasteiger partial charge in [-0.15, -0.1) is 0 Å². The zero-order valence-corrected chi connectivity index (χ0v) is 28.5. The first kappa shape index (κ1) is 35.0. The Labute approximate surface area is 270 Å². The molecule has 2 amide bonds. The number of halogens is 2. The molecule has 12 heteroatoms. The molecular weight excluding hydrogens is 625 g/mol. The predicted molar refractivity (Wildman–Crippen MR) is 174 cm³/mol. The molecule has 3 aromatic rings. The third-order valence-corrected chi connectivity index (χ3v) is 9.23. The van der Waals surface area contributed by atoms with Gasteiger partial charge in [-0.05, 0) is 94.6 Å². The Balaban J connectivity index is 2.13. The van der Waals surface area contributed by atoms with Gasteiger partial charge in [0, 0.05) is 18.2 Å². The maximum absolute atomic E-state index is 14.3. The third-order valence-electron chi connectivity index (χ3n) is 6.72. The molecule has 0 aliphatic carbocycles. The number of benzene rings is 3. The summed E-state index contributed by atoms with van der Waals surface area (Å²) < 4.78 is 40.2. The van der Waals surface area contributed by atoms with Crippen LogP contribution in [0.5, 0.6) is 11.5 Å². The van der Waals surface area contributed by atoms with Crippen molar-refractivity contribution in [2.24, 2.45) is 0 Å². The van der Waals surface area contributed by atoms with Gasteiger partial charge in [-0.1, -0.05) is 35.3 Å². The topological polar surface area (TPSA) is 105 Å². The number of anilines is 1. The molecule has 0 fully saturated rings. The average molecular weight is 665 g/mol. The first-order valence-corrected chi connectivity index (χ1v) is 16.0. The summed E-state index contributed by atoms with van der Waals surface area (Å²) in [7, 11) is -1.47. The van der Waals surface area contributed by atoms with E-state index in [1.54, 1.807) is 37.3 Å². The lowest BCUT2D eigenvalue weighted by atomic mass is 10.1. The number of methoxy groups -OCH3 is 2. The minimum Gasteiger partial charge on any atom is -0.493 e. The van der Waals surface area contributed by atoms with Crippen LogP contribution in [0.25, 0.3) is 0 Å². The Kier molecular flexibility index (Phi) is 11.2. The second-order valence-corrected chi connectivity index (χ2v) is 14.2. The number of rotatable bonds is 11. The summed E-state index contributed by atoms with van der Waals surface area (Å²) >= 11 is 12.4. The van der Waals surface area contributed by atoms with Crippen LogP contribution in [-0.4, -0.2) is 57.5 Å². The highest BCUT2D eigenvalue weighted by Gasteiger charge is 2.34. The molecule has 1 atom stereocenters.